The number of imidazole rings is 1. The Kier molecular flexibility index (Phi) is 8.43. The van der Waals surface area contributed by atoms with E-state index in [0.717, 1.165) is 56.9 Å². The summed E-state index contributed by atoms with van der Waals surface area (Å²) in [7, 11) is 1.85. The molecule has 4 saturated carbocycles. The molecule has 5 aliphatic rings. The lowest BCUT2D eigenvalue weighted by Crippen LogP contribution is -2.67. The molecule has 0 aromatic carbocycles. The summed E-state index contributed by atoms with van der Waals surface area (Å²) in [6, 6.07) is 0. The summed E-state index contributed by atoms with van der Waals surface area (Å²) in [5.74, 6) is -0.337. The number of hydrogen-bond acceptors (Lipinski definition) is 6. The average Bonchev–Trinajstić information content (AvgIpc) is 3.55. The van der Waals surface area contributed by atoms with Gasteiger partial charge < -0.3 is 19.7 Å². The smallest absolute Gasteiger partial charge is 0.309 e. The van der Waals surface area contributed by atoms with Crippen LogP contribution in [0.25, 0.3) is 0 Å². The van der Waals surface area contributed by atoms with Gasteiger partial charge in [0.15, 0.2) is 5.78 Å². The molecule has 5 aliphatic carbocycles. The lowest BCUT2D eigenvalue weighted by atomic mass is 9.33. The van der Waals surface area contributed by atoms with Gasteiger partial charge in [0, 0.05) is 25.1 Å². The van der Waals surface area contributed by atoms with Gasteiger partial charge in [-0.3, -0.25) is 19.2 Å². The molecule has 0 saturated heterocycles. The molecule has 4 fully saturated rings. The van der Waals surface area contributed by atoms with Crippen LogP contribution in [0.5, 0.6) is 0 Å². The summed E-state index contributed by atoms with van der Waals surface area (Å²) in [6.07, 6.45) is 10.9. The second-order valence-corrected chi connectivity index (χ2v) is 18.9. The Morgan fingerprint density at radius 3 is 2.31 bits per heavy atom. The van der Waals surface area contributed by atoms with Crippen molar-refractivity contribution < 1.29 is 29.0 Å². The van der Waals surface area contributed by atoms with Crippen molar-refractivity contribution in [2.45, 2.75) is 138 Å². The molecule has 6 rings (SSSR count). The Morgan fingerprint density at radius 1 is 1.00 bits per heavy atom. The zero-order chi connectivity index (χ0) is 36.1. The highest BCUT2D eigenvalue weighted by molar-refractivity contribution is 6.03. The van der Waals surface area contributed by atoms with Gasteiger partial charge in [0.25, 0.3) is 5.91 Å². The number of carbonyl (C=O) groups excluding carboxylic acids is 3. The van der Waals surface area contributed by atoms with Crippen LogP contribution in [0.1, 0.15) is 137 Å². The van der Waals surface area contributed by atoms with Crippen LogP contribution < -0.4 is 5.32 Å². The SMILES string of the molecule is CC(C)C1=C2C3CCC4[C@@]5(C)CC[C@H](OC(=O)CC(C)(C)C(=O)O)C(C)(C)C5CC[C@@]4(C)[C@]3(C)CCC2(NC(=O)c2cn(C)cn2)CC1=O. The van der Waals surface area contributed by atoms with Crippen molar-refractivity contribution in [3.63, 3.8) is 0 Å². The number of ketones is 1. The minimum Gasteiger partial charge on any atom is -0.481 e. The molecule has 2 N–H and O–H groups in total. The molecule has 1 aromatic rings. The quantitative estimate of drug-likeness (QED) is 0.290. The summed E-state index contributed by atoms with van der Waals surface area (Å²) >= 11 is 0. The second kappa shape index (κ2) is 11.5. The first-order valence-corrected chi connectivity index (χ1v) is 18.6. The van der Waals surface area contributed by atoms with Crippen LogP contribution in [-0.4, -0.2) is 49.9 Å². The van der Waals surface area contributed by atoms with Gasteiger partial charge in [-0.15, -0.1) is 0 Å². The van der Waals surface area contributed by atoms with Crippen molar-refractivity contribution in [2.24, 2.45) is 57.8 Å². The summed E-state index contributed by atoms with van der Waals surface area (Å²) in [5, 5.41) is 13.0. The number of allylic oxidation sites excluding steroid dienone is 1. The highest BCUT2D eigenvalue weighted by Gasteiger charge is 2.70. The number of aryl methyl sites for hydroxylation is 1. The van der Waals surface area contributed by atoms with E-state index in [1.54, 1.807) is 30.9 Å². The van der Waals surface area contributed by atoms with Gasteiger partial charge in [0.1, 0.15) is 11.8 Å². The first-order valence-electron chi connectivity index (χ1n) is 18.6. The Morgan fingerprint density at radius 2 is 1.69 bits per heavy atom. The largest absolute Gasteiger partial charge is 0.481 e. The average molecular weight is 678 g/mol. The van der Waals surface area contributed by atoms with Crippen molar-refractivity contribution in [1.29, 1.82) is 0 Å². The number of nitrogens with one attached hydrogen (secondary N) is 1. The van der Waals surface area contributed by atoms with Crippen molar-refractivity contribution in [2.75, 3.05) is 0 Å². The second-order valence-electron chi connectivity index (χ2n) is 18.9. The minimum atomic E-state index is -1.17. The highest BCUT2D eigenvalue weighted by atomic mass is 16.5. The Bertz CT molecular complexity index is 1600. The van der Waals surface area contributed by atoms with Crippen LogP contribution in [0.15, 0.2) is 23.7 Å². The van der Waals surface area contributed by atoms with E-state index in [-0.39, 0.29) is 57.7 Å². The summed E-state index contributed by atoms with van der Waals surface area (Å²) in [6.45, 7) is 19.4. The zero-order valence-corrected chi connectivity index (χ0v) is 31.5. The summed E-state index contributed by atoms with van der Waals surface area (Å²) < 4.78 is 7.92. The molecule has 0 radical (unpaired) electrons. The molecule has 1 aromatic heterocycles. The van der Waals surface area contributed by atoms with Gasteiger partial charge >= 0.3 is 11.9 Å². The number of aliphatic carboxylic acids is 1. The first-order chi connectivity index (χ1) is 22.6. The molecule has 9 heteroatoms. The zero-order valence-electron chi connectivity index (χ0n) is 31.5. The van der Waals surface area contributed by atoms with Crippen LogP contribution >= 0.6 is 0 Å². The first kappa shape index (κ1) is 35.8. The van der Waals surface area contributed by atoms with E-state index in [4.69, 9.17) is 4.74 Å². The van der Waals surface area contributed by atoms with Crippen molar-refractivity contribution in [3.05, 3.63) is 29.4 Å². The third-order valence-electron chi connectivity index (χ3n) is 15.1. The molecule has 4 unspecified atom stereocenters. The number of Topliss-reactive ketones (excluding diaryl/α,β-unsaturated/α-hetero) is 1. The topological polar surface area (TPSA) is 128 Å². The van der Waals surface area contributed by atoms with Gasteiger partial charge in [-0.1, -0.05) is 48.5 Å². The number of carboxylic acid groups (broad SMARTS) is 1. The van der Waals surface area contributed by atoms with Crippen molar-refractivity contribution in [1.82, 2.24) is 14.9 Å². The fourth-order valence-corrected chi connectivity index (χ4v) is 12.4. The number of aromatic nitrogens is 2. The molecule has 1 heterocycles. The normalized spacial score (nSPS) is 38.3. The number of fused-ring (bicyclic) bond motifs is 7. The summed E-state index contributed by atoms with van der Waals surface area (Å²) in [4.78, 5) is 56.6. The third kappa shape index (κ3) is 5.25. The summed E-state index contributed by atoms with van der Waals surface area (Å²) in [5.41, 5.74) is 0.479. The molecular weight excluding hydrogens is 618 g/mol. The number of hydrogen-bond donors (Lipinski definition) is 2. The highest BCUT2D eigenvalue weighted by Crippen LogP contribution is 2.76. The van der Waals surface area contributed by atoms with Crippen molar-refractivity contribution >= 4 is 23.6 Å². The lowest BCUT2D eigenvalue weighted by Gasteiger charge is -2.72. The van der Waals surface area contributed by atoms with Crippen LogP contribution in [0, 0.1) is 50.7 Å². The molecule has 1 amide bonds. The number of nitrogens with zero attached hydrogens (tertiary/aromatic N) is 2. The van der Waals surface area contributed by atoms with Crippen LogP contribution in [-0.2, 0) is 26.2 Å². The van der Waals surface area contributed by atoms with Gasteiger partial charge in [-0.05, 0) is 116 Å². The maximum absolute atomic E-state index is 13.9. The van der Waals surface area contributed by atoms with E-state index in [1.807, 2.05) is 7.05 Å². The van der Waals surface area contributed by atoms with E-state index >= 15 is 0 Å². The lowest BCUT2D eigenvalue weighted by molar-refractivity contribution is -0.232. The molecule has 0 bridgehead atoms. The van der Waals surface area contributed by atoms with Gasteiger partial charge in [0.2, 0.25) is 0 Å². The van der Waals surface area contributed by atoms with Gasteiger partial charge in [0.05, 0.1) is 23.7 Å². The molecular formula is C40H59N3O6. The number of ether oxygens (including phenoxy) is 1. The molecule has 0 spiro atoms. The van der Waals surface area contributed by atoms with Crippen LogP contribution in [0.3, 0.4) is 0 Å². The molecule has 9 nitrogen and oxygen atoms in total. The maximum atomic E-state index is 13.9. The Labute approximate surface area is 292 Å². The van der Waals surface area contributed by atoms with E-state index in [1.165, 1.54) is 5.57 Å². The number of esters is 1. The molecule has 0 aliphatic heterocycles. The predicted molar refractivity (Wildman–Crippen MR) is 186 cm³/mol. The molecule has 49 heavy (non-hydrogen) atoms. The number of amides is 1. The Balaban J connectivity index is 1.30. The fourth-order valence-electron chi connectivity index (χ4n) is 12.4. The molecule has 270 valence electrons. The van der Waals surface area contributed by atoms with E-state index in [0.29, 0.717) is 24.0 Å². The van der Waals surface area contributed by atoms with E-state index < -0.39 is 22.9 Å². The van der Waals surface area contributed by atoms with Crippen LogP contribution in [0.2, 0.25) is 0 Å². The monoisotopic (exact) mass is 677 g/mol. The Hall–Kier alpha value is -2.97. The number of carboxylic acids is 1. The predicted octanol–water partition coefficient (Wildman–Crippen LogP) is 7.30. The van der Waals surface area contributed by atoms with E-state index in [2.05, 4.69) is 58.8 Å². The fraction of sp³-hybridized carbons (Fsp3) is 0.775. The van der Waals surface area contributed by atoms with Gasteiger partial charge in [-0.2, -0.15) is 0 Å². The minimum absolute atomic E-state index is 0.0319. The number of carbonyl (C=O) groups is 4. The molecule has 8 atom stereocenters. The van der Waals surface area contributed by atoms with Gasteiger partial charge in [-0.25, -0.2) is 4.98 Å². The van der Waals surface area contributed by atoms with Crippen molar-refractivity contribution in [3.8, 4) is 0 Å². The van der Waals surface area contributed by atoms with E-state index in [9.17, 15) is 24.3 Å². The number of rotatable bonds is 7. The maximum Gasteiger partial charge on any atom is 0.309 e. The van der Waals surface area contributed by atoms with Crippen LogP contribution in [0.4, 0.5) is 0 Å². The standard InChI is InChI=1S/C40H59N3O6/c1-23(2)31-26(44)19-40(42-33(46)25-21-43(10)22-41-25)18-17-38(8)24(32(31)40)11-12-28-37(7)15-14-29(49-30(45)20-35(3,4)34(47)48)36(5,6)27(37)13-16-39(28,38)9/h21-24,27-29H,11-20H2,1-10H3,(H,42,46)(H,47,48)/t24?,27?,28?,29-,37-,38+,39+,40?/m0/s1. The third-order valence-corrected chi connectivity index (χ3v) is 15.1.